The van der Waals surface area contributed by atoms with Crippen molar-refractivity contribution in [1.82, 2.24) is 9.80 Å². The molecule has 2 aliphatic heterocycles. The number of hydrogen-bond donors (Lipinski definition) is 0. The lowest BCUT2D eigenvalue weighted by atomic mass is 10.0. The Morgan fingerprint density at radius 3 is 2.56 bits per heavy atom. The van der Waals surface area contributed by atoms with Crippen LogP contribution in [0.25, 0.3) is 0 Å². The molecule has 2 heterocycles. The van der Waals surface area contributed by atoms with Gasteiger partial charge in [0.15, 0.2) is 9.84 Å². The van der Waals surface area contributed by atoms with Crippen molar-refractivity contribution < 1.29 is 13.2 Å². The molecule has 5 nitrogen and oxygen atoms in total. The summed E-state index contributed by atoms with van der Waals surface area (Å²) in [6.45, 7) is 1.52. The smallest absolute Gasteiger partial charge is 0.226 e. The first kappa shape index (κ1) is 13.8. The van der Waals surface area contributed by atoms with Gasteiger partial charge in [0, 0.05) is 19.1 Å². The normalized spacial score (nSPS) is 31.8. The maximum absolute atomic E-state index is 12.3. The summed E-state index contributed by atoms with van der Waals surface area (Å²) in [5.41, 5.74) is 0. The number of likely N-dealkylation sites (tertiary alicyclic amines) is 1. The highest BCUT2D eigenvalue weighted by atomic mass is 32.2. The zero-order chi connectivity index (χ0) is 13.3. The number of hydrogen-bond acceptors (Lipinski definition) is 4. The average Bonchev–Trinajstić information content (AvgIpc) is 2.69. The Morgan fingerprint density at radius 2 is 2.00 bits per heavy atom. The van der Waals surface area contributed by atoms with E-state index in [1.54, 1.807) is 0 Å². The van der Waals surface area contributed by atoms with Crippen LogP contribution in [0, 0.1) is 5.92 Å². The second-order valence-electron chi connectivity index (χ2n) is 5.64. The largest absolute Gasteiger partial charge is 0.341 e. The fourth-order valence-electron chi connectivity index (χ4n) is 2.82. The Bertz CT molecular complexity index is 419. The highest BCUT2D eigenvalue weighted by molar-refractivity contribution is 7.91. The van der Waals surface area contributed by atoms with Gasteiger partial charge in [-0.25, -0.2) is 8.42 Å². The van der Waals surface area contributed by atoms with Gasteiger partial charge in [0.05, 0.1) is 17.4 Å². The van der Waals surface area contributed by atoms with Gasteiger partial charge in [0.2, 0.25) is 5.91 Å². The maximum atomic E-state index is 12.3. The summed E-state index contributed by atoms with van der Waals surface area (Å²) in [7, 11) is 1.09. The molecule has 0 aliphatic carbocycles. The first-order valence-corrected chi connectivity index (χ1v) is 8.37. The van der Waals surface area contributed by atoms with Gasteiger partial charge in [-0.15, -0.1) is 0 Å². The molecule has 0 aromatic heterocycles. The predicted molar refractivity (Wildman–Crippen MR) is 70.0 cm³/mol. The van der Waals surface area contributed by atoms with Crippen LogP contribution < -0.4 is 0 Å². The molecule has 0 saturated carbocycles. The number of sulfone groups is 1. The third-order valence-corrected chi connectivity index (χ3v) is 5.79. The van der Waals surface area contributed by atoms with E-state index in [0.717, 1.165) is 25.9 Å². The van der Waals surface area contributed by atoms with Gasteiger partial charge in [-0.2, -0.15) is 0 Å². The molecule has 2 fully saturated rings. The Labute approximate surface area is 109 Å². The predicted octanol–water partition coefficient (Wildman–Crippen LogP) is -0.0263. The standard InChI is InChI=1S/C12H22N2O3S/c1-13(2)11-4-3-6-14(8-11)12(15)10-5-7-18(16,17)9-10/h10-11H,3-9H2,1-2H3/t10-,11+/m0/s1. The maximum Gasteiger partial charge on any atom is 0.226 e. The summed E-state index contributed by atoms with van der Waals surface area (Å²) in [6, 6.07) is 0.403. The number of nitrogens with zero attached hydrogens (tertiary/aromatic N) is 2. The van der Waals surface area contributed by atoms with E-state index in [2.05, 4.69) is 4.90 Å². The highest BCUT2D eigenvalue weighted by Crippen LogP contribution is 2.23. The molecular weight excluding hydrogens is 252 g/mol. The topological polar surface area (TPSA) is 57.7 Å². The van der Waals surface area contributed by atoms with Crippen molar-refractivity contribution in [1.29, 1.82) is 0 Å². The fraction of sp³-hybridized carbons (Fsp3) is 0.917. The van der Waals surface area contributed by atoms with Crippen LogP contribution >= 0.6 is 0 Å². The summed E-state index contributed by atoms with van der Waals surface area (Å²) in [5, 5.41) is 0. The van der Waals surface area contributed by atoms with Crippen molar-refractivity contribution >= 4 is 15.7 Å². The molecular formula is C12H22N2O3S. The Balaban J connectivity index is 1.97. The molecule has 0 aromatic carbocycles. The summed E-state index contributed by atoms with van der Waals surface area (Å²) in [4.78, 5) is 16.3. The number of carbonyl (C=O) groups is 1. The number of rotatable bonds is 2. The van der Waals surface area contributed by atoms with E-state index in [1.807, 2.05) is 19.0 Å². The van der Waals surface area contributed by atoms with E-state index in [0.29, 0.717) is 12.5 Å². The molecule has 0 N–H and O–H groups in total. The molecule has 1 amide bonds. The number of carbonyl (C=O) groups excluding carboxylic acids is 1. The summed E-state index contributed by atoms with van der Waals surface area (Å²) in [6.07, 6.45) is 2.62. The van der Waals surface area contributed by atoms with Gasteiger partial charge < -0.3 is 9.80 Å². The second-order valence-corrected chi connectivity index (χ2v) is 7.87. The van der Waals surface area contributed by atoms with Gasteiger partial charge in [0.1, 0.15) is 0 Å². The van der Waals surface area contributed by atoms with Crippen molar-refractivity contribution in [2.24, 2.45) is 5.92 Å². The molecule has 0 aromatic rings. The monoisotopic (exact) mass is 274 g/mol. The average molecular weight is 274 g/mol. The molecule has 2 aliphatic rings. The van der Waals surface area contributed by atoms with Gasteiger partial charge in [-0.05, 0) is 33.4 Å². The number of piperidine rings is 1. The molecule has 0 bridgehead atoms. The zero-order valence-corrected chi connectivity index (χ0v) is 11.9. The summed E-state index contributed by atoms with van der Waals surface area (Å²) >= 11 is 0. The third kappa shape index (κ3) is 3.03. The van der Waals surface area contributed by atoms with Crippen molar-refractivity contribution in [2.45, 2.75) is 25.3 Å². The molecule has 2 atom stereocenters. The zero-order valence-electron chi connectivity index (χ0n) is 11.1. The minimum absolute atomic E-state index is 0.0441. The molecule has 18 heavy (non-hydrogen) atoms. The Morgan fingerprint density at radius 1 is 1.28 bits per heavy atom. The van der Waals surface area contributed by atoms with E-state index in [-0.39, 0.29) is 23.3 Å². The Kier molecular flexibility index (Phi) is 3.96. The van der Waals surface area contributed by atoms with Crippen molar-refractivity contribution in [3.8, 4) is 0 Å². The minimum Gasteiger partial charge on any atom is -0.341 e. The van der Waals surface area contributed by atoms with Crippen LogP contribution in [0.1, 0.15) is 19.3 Å². The molecule has 6 heteroatoms. The number of likely N-dealkylation sites (N-methyl/N-ethyl adjacent to an activating group) is 1. The lowest BCUT2D eigenvalue weighted by molar-refractivity contribution is -0.136. The molecule has 104 valence electrons. The molecule has 2 saturated heterocycles. The first-order chi connectivity index (χ1) is 8.39. The van der Waals surface area contributed by atoms with Gasteiger partial charge in [-0.3, -0.25) is 4.79 Å². The van der Waals surface area contributed by atoms with Crippen LogP contribution in [0.3, 0.4) is 0 Å². The van der Waals surface area contributed by atoms with Gasteiger partial charge in [-0.1, -0.05) is 0 Å². The quantitative estimate of drug-likeness (QED) is 0.710. The van der Waals surface area contributed by atoms with E-state index >= 15 is 0 Å². The minimum atomic E-state index is -2.97. The SMILES string of the molecule is CN(C)[C@@H]1CCCN(C(=O)[C@H]2CCS(=O)(=O)C2)C1. The summed E-state index contributed by atoms with van der Waals surface area (Å²) < 4.78 is 22.8. The molecule has 0 radical (unpaired) electrons. The lowest BCUT2D eigenvalue weighted by Crippen LogP contribution is -2.49. The van der Waals surface area contributed by atoms with Crippen molar-refractivity contribution in [3.63, 3.8) is 0 Å². The van der Waals surface area contributed by atoms with E-state index < -0.39 is 9.84 Å². The van der Waals surface area contributed by atoms with Gasteiger partial charge in [0.25, 0.3) is 0 Å². The molecule has 2 rings (SSSR count). The van der Waals surface area contributed by atoms with E-state index in [4.69, 9.17) is 0 Å². The van der Waals surface area contributed by atoms with Crippen molar-refractivity contribution in [2.75, 3.05) is 38.7 Å². The second kappa shape index (κ2) is 5.17. The fourth-order valence-corrected chi connectivity index (χ4v) is 4.56. The third-order valence-electron chi connectivity index (χ3n) is 4.02. The first-order valence-electron chi connectivity index (χ1n) is 6.55. The van der Waals surface area contributed by atoms with Crippen LogP contribution in [0.2, 0.25) is 0 Å². The lowest BCUT2D eigenvalue weighted by Gasteiger charge is -2.37. The molecule has 0 spiro atoms. The van der Waals surface area contributed by atoms with Crippen LogP contribution in [0.15, 0.2) is 0 Å². The Hall–Kier alpha value is -0.620. The van der Waals surface area contributed by atoms with Crippen LogP contribution in [0.4, 0.5) is 0 Å². The van der Waals surface area contributed by atoms with Crippen LogP contribution in [0.5, 0.6) is 0 Å². The van der Waals surface area contributed by atoms with Crippen LogP contribution in [-0.4, -0.2) is 68.9 Å². The molecule has 0 unspecified atom stereocenters. The summed E-state index contributed by atoms with van der Waals surface area (Å²) in [5.74, 6) is -0.0258. The highest BCUT2D eigenvalue weighted by Gasteiger charge is 2.36. The van der Waals surface area contributed by atoms with Crippen LogP contribution in [-0.2, 0) is 14.6 Å². The number of amides is 1. The van der Waals surface area contributed by atoms with E-state index in [9.17, 15) is 13.2 Å². The van der Waals surface area contributed by atoms with Gasteiger partial charge >= 0.3 is 0 Å². The van der Waals surface area contributed by atoms with E-state index in [1.165, 1.54) is 0 Å². The van der Waals surface area contributed by atoms with Crippen molar-refractivity contribution in [3.05, 3.63) is 0 Å².